The zero-order valence-corrected chi connectivity index (χ0v) is 13.1. The van der Waals surface area contributed by atoms with E-state index in [1.807, 2.05) is 0 Å². The number of carbonyl (C=O) groups is 2. The molecule has 5 nitrogen and oxygen atoms in total. The Labute approximate surface area is 127 Å². The van der Waals surface area contributed by atoms with Crippen molar-refractivity contribution in [3.05, 3.63) is 0 Å². The Kier molecular flexibility index (Phi) is 6.27. The van der Waals surface area contributed by atoms with Crippen LogP contribution in [0.3, 0.4) is 0 Å². The molecule has 2 bridgehead atoms. The second-order valence-corrected chi connectivity index (χ2v) is 6.15. The summed E-state index contributed by atoms with van der Waals surface area (Å²) in [7, 11) is 1.65. The molecule has 0 aliphatic heterocycles. The van der Waals surface area contributed by atoms with Gasteiger partial charge < -0.3 is 16.0 Å². The molecule has 2 aliphatic carbocycles. The van der Waals surface area contributed by atoms with Gasteiger partial charge in [-0.1, -0.05) is 6.42 Å². The molecule has 0 aromatic carbocycles. The van der Waals surface area contributed by atoms with Crippen LogP contribution in [0.15, 0.2) is 0 Å². The zero-order chi connectivity index (χ0) is 14.0. The first-order chi connectivity index (χ1) is 8.97. The Morgan fingerprint density at radius 3 is 2.30 bits per heavy atom. The first kappa shape index (κ1) is 17.2. The summed E-state index contributed by atoms with van der Waals surface area (Å²) in [5.74, 6) is 0.916. The van der Waals surface area contributed by atoms with Crippen LogP contribution in [0.25, 0.3) is 0 Å². The van der Waals surface area contributed by atoms with Crippen molar-refractivity contribution in [3.8, 4) is 0 Å². The second kappa shape index (κ2) is 7.27. The van der Waals surface area contributed by atoms with Crippen LogP contribution in [0.5, 0.6) is 0 Å². The van der Waals surface area contributed by atoms with Gasteiger partial charge in [0.15, 0.2) is 0 Å². The van der Waals surface area contributed by atoms with E-state index >= 15 is 0 Å². The van der Waals surface area contributed by atoms with Gasteiger partial charge in [0.1, 0.15) is 0 Å². The fourth-order valence-electron chi connectivity index (χ4n) is 3.58. The van der Waals surface area contributed by atoms with E-state index in [2.05, 4.69) is 5.32 Å². The first-order valence-corrected chi connectivity index (χ1v) is 7.24. The molecule has 20 heavy (non-hydrogen) atoms. The Morgan fingerprint density at radius 2 is 1.80 bits per heavy atom. The summed E-state index contributed by atoms with van der Waals surface area (Å²) in [6, 6.07) is 0.560. The number of nitrogens with two attached hydrogens (primary N) is 1. The molecule has 2 amide bonds. The van der Waals surface area contributed by atoms with E-state index in [-0.39, 0.29) is 36.8 Å². The lowest BCUT2D eigenvalue weighted by atomic mass is 9.67. The van der Waals surface area contributed by atoms with Crippen LogP contribution in [-0.2, 0) is 9.59 Å². The molecular weight excluding hydrogens is 278 g/mol. The van der Waals surface area contributed by atoms with Crippen molar-refractivity contribution in [2.24, 2.45) is 17.6 Å². The van der Waals surface area contributed by atoms with Gasteiger partial charge in [0.05, 0.1) is 6.54 Å². The van der Waals surface area contributed by atoms with Gasteiger partial charge >= 0.3 is 0 Å². The van der Waals surface area contributed by atoms with Crippen LogP contribution in [-0.4, -0.2) is 42.4 Å². The third-order valence-electron chi connectivity index (χ3n) is 4.62. The van der Waals surface area contributed by atoms with E-state index in [0.29, 0.717) is 17.9 Å². The fraction of sp³-hybridized carbons (Fsp3) is 0.857. The number of nitrogens with one attached hydrogen (secondary N) is 1. The lowest BCUT2D eigenvalue weighted by molar-refractivity contribution is -0.134. The maximum Gasteiger partial charge on any atom is 0.239 e. The molecule has 2 aliphatic rings. The number of amides is 2. The van der Waals surface area contributed by atoms with Crippen molar-refractivity contribution in [2.75, 3.05) is 13.6 Å². The summed E-state index contributed by atoms with van der Waals surface area (Å²) in [6.45, 7) is 1.62. The lowest BCUT2D eigenvalue weighted by Crippen LogP contribution is -2.55. The minimum atomic E-state index is -0.0824. The quantitative estimate of drug-likeness (QED) is 0.814. The zero-order valence-electron chi connectivity index (χ0n) is 12.3. The number of rotatable bonds is 3. The number of hydrogen-bond donors (Lipinski definition) is 2. The van der Waals surface area contributed by atoms with Crippen molar-refractivity contribution in [3.63, 3.8) is 0 Å². The predicted octanol–water partition coefficient (Wildman–Crippen LogP) is 0.909. The van der Waals surface area contributed by atoms with Gasteiger partial charge in [-0.3, -0.25) is 9.59 Å². The number of nitrogens with zero attached hydrogens (tertiary/aromatic N) is 1. The minimum Gasteiger partial charge on any atom is -0.351 e. The van der Waals surface area contributed by atoms with E-state index < -0.39 is 0 Å². The molecule has 0 aromatic rings. The number of carbonyl (C=O) groups excluding carboxylic acids is 2. The average Bonchev–Trinajstić information content (AvgIpc) is 2.30. The highest BCUT2D eigenvalue weighted by Crippen LogP contribution is 2.39. The van der Waals surface area contributed by atoms with E-state index in [0.717, 1.165) is 25.7 Å². The van der Waals surface area contributed by atoms with Gasteiger partial charge in [-0.2, -0.15) is 0 Å². The summed E-state index contributed by atoms with van der Waals surface area (Å²) in [5.41, 5.74) is 6.07. The van der Waals surface area contributed by atoms with Crippen LogP contribution in [0.2, 0.25) is 0 Å². The van der Waals surface area contributed by atoms with Crippen molar-refractivity contribution < 1.29 is 9.59 Å². The summed E-state index contributed by atoms with van der Waals surface area (Å²) in [6.07, 6.45) is 5.62. The number of hydrogen-bond acceptors (Lipinski definition) is 3. The average molecular weight is 304 g/mol. The maximum atomic E-state index is 12.0. The molecule has 2 fully saturated rings. The van der Waals surface area contributed by atoms with Crippen LogP contribution < -0.4 is 11.1 Å². The smallest absolute Gasteiger partial charge is 0.239 e. The van der Waals surface area contributed by atoms with E-state index in [4.69, 9.17) is 5.73 Å². The standard InChI is InChI=1S/C14H25N3O2.ClH/c1-9(18)17(2)8-13(19)16-14-10-4-3-5-11(14)7-12(15)6-10;/h10-12,14H,3-8,15H2,1-2H3,(H,16,19);1H. The van der Waals surface area contributed by atoms with Crippen molar-refractivity contribution in [1.82, 2.24) is 10.2 Å². The molecule has 2 rings (SSSR count). The molecule has 3 N–H and O–H groups in total. The van der Waals surface area contributed by atoms with Crippen molar-refractivity contribution >= 4 is 24.2 Å². The Balaban J connectivity index is 0.00000200. The van der Waals surface area contributed by atoms with E-state index in [1.54, 1.807) is 7.05 Å². The van der Waals surface area contributed by atoms with Crippen molar-refractivity contribution in [2.45, 2.75) is 51.1 Å². The SMILES string of the molecule is CC(=O)N(C)CC(=O)NC1C2CCCC1CC(N)C2.Cl. The monoisotopic (exact) mass is 303 g/mol. The molecule has 0 spiro atoms. The molecule has 0 aromatic heterocycles. The second-order valence-electron chi connectivity index (χ2n) is 6.15. The third kappa shape index (κ3) is 4.09. The van der Waals surface area contributed by atoms with Gasteiger partial charge in [0, 0.05) is 26.1 Å². The summed E-state index contributed by atoms with van der Waals surface area (Å²) in [5, 5.41) is 3.14. The van der Waals surface area contributed by atoms with E-state index in [1.165, 1.54) is 18.2 Å². The fourth-order valence-corrected chi connectivity index (χ4v) is 3.58. The minimum absolute atomic E-state index is 0. The number of likely N-dealkylation sites (N-methyl/N-ethyl adjacent to an activating group) is 1. The van der Waals surface area contributed by atoms with Crippen LogP contribution >= 0.6 is 12.4 Å². The highest BCUT2D eigenvalue weighted by Gasteiger charge is 2.39. The molecule has 2 unspecified atom stereocenters. The van der Waals surface area contributed by atoms with Gasteiger partial charge in [0.2, 0.25) is 11.8 Å². The van der Waals surface area contributed by atoms with Gasteiger partial charge in [-0.15, -0.1) is 12.4 Å². The van der Waals surface area contributed by atoms with Gasteiger partial charge in [-0.25, -0.2) is 0 Å². The summed E-state index contributed by atoms with van der Waals surface area (Å²) in [4.78, 5) is 24.6. The lowest BCUT2D eigenvalue weighted by Gasteiger charge is -2.45. The number of fused-ring (bicyclic) bond motifs is 2. The molecule has 2 saturated carbocycles. The third-order valence-corrected chi connectivity index (χ3v) is 4.62. The molecule has 116 valence electrons. The highest BCUT2D eigenvalue weighted by atomic mass is 35.5. The van der Waals surface area contributed by atoms with Crippen LogP contribution in [0.1, 0.15) is 39.0 Å². The van der Waals surface area contributed by atoms with Crippen molar-refractivity contribution in [1.29, 1.82) is 0 Å². The van der Waals surface area contributed by atoms with Gasteiger partial charge in [0.25, 0.3) is 0 Å². The summed E-state index contributed by atoms with van der Waals surface area (Å²) < 4.78 is 0. The Morgan fingerprint density at radius 1 is 1.25 bits per heavy atom. The van der Waals surface area contributed by atoms with Crippen LogP contribution in [0.4, 0.5) is 0 Å². The molecule has 0 heterocycles. The Hall–Kier alpha value is -0.810. The molecular formula is C14H26ClN3O2. The molecule has 2 atom stereocenters. The molecule has 0 radical (unpaired) electrons. The molecule has 6 heteroatoms. The normalized spacial score (nSPS) is 31.9. The largest absolute Gasteiger partial charge is 0.351 e. The van der Waals surface area contributed by atoms with Gasteiger partial charge in [-0.05, 0) is 37.5 Å². The highest BCUT2D eigenvalue weighted by molar-refractivity contribution is 5.85. The Bertz CT molecular complexity index is 350. The number of halogens is 1. The topological polar surface area (TPSA) is 75.4 Å². The first-order valence-electron chi connectivity index (χ1n) is 7.24. The molecule has 0 saturated heterocycles. The van der Waals surface area contributed by atoms with Crippen LogP contribution in [0, 0.1) is 11.8 Å². The summed E-state index contributed by atoms with van der Waals surface area (Å²) >= 11 is 0. The maximum absolute atomic E-state index is 12.0. The van der Waals surface area contributed by atoms with E-state index in [9.17, 15) is 9.59 Å². The predicted molar refractivity (Wildman–Crippen MR) is 80.5 cm³/mol.